The van der Waals surface area contributed by atoms with Crippen LogP contribution in [-0.4, -0.2) is 16.7 Å². The van der Waals surface area contributed by atoms with Crippen molar-refractivity contribution < 1.29 is 9.68 Å². The number of fused-ring (bicyclic) bond motifs is 2. The Morgan fingerprint density at radius 1 is 1.11 bits per heavy atom. The van der Waals surface area contributed by atoms with Crippen molar-refractivity contribution in [1.29, 1.82) is 0 Å². The molecule has 0 radical (unpaired) electrons. The van der Waals surface area contributed by atoms with Crippen LogP contribution in [0.5, 0.6) is 0 Å². The van der Waals surface area contributed by atoms with Gasteiger partial charge in [-0.1, -0.05) is 24.3 Å². The molecule has 1 aliphatic heterocycles. The summed E-state index contributed by atoms with van der Waals surface area (Å²) in [5.74, 6) is 0. The number of benzene rings is 2. The summed E-state index contributed by atoms with van der Waals surface area (Å²) in [4.78, 5) is 0. The van der Waals surface area contributed by atoms with Gasteiger partial charge in [0.15, 0.2) is 0 Å². The van der Waals surface area contributed by atoms with Crippen LogP contribution in [0.15, 0.2) is 54.7 Å². The normalized spacial score (nSPS) is 14.1. The largest absolute Gasteiger partial charge is 0.491 e. The molecule has 0 bridgehead atoms. The third-order valence-electron chi connectivity index (χ3n) is 3.67. The van der Waals surface area contributed by atoms with Gasteiger partial charge in [0.25, 0.3) is 0 Å². The predicted molar refractivity (Wildman–Crippen MR) is 75.7 cm³/mol. The van der Waals surface area contributed by atoms with Gasteiger partial charge in [-0.25, -0.2) is 0 Å². The lowest BCUT2D eigenvalue weighted by molar-refractivity contribution is 0.275. The van der Waals surface area contributed by atoms with Crippen LogP contribution in [0.4, 0.5) is 0 Å². The van der Waals surface area contributed by atoms with Crippen LogP contribution in [0, 0.1) is 0 Å². The van der Waals surface area contributed by atoms with Crippen LogP contribution in [0.3, 0.4) is 0 Å². The van der Waals surface area contributed by atoms with E-state index in [1.807, 2.05) is 24.3 Å². The van der Waals surface area contributed by atoms with Crippen molar-refractivity contribution in [1.82, 2.24) is 4.57 Å². The van der Waals surface area contributed by atoms with Crippen LogP contribution < -0.4 is 5.46 Å². The van der Waals surface area contributed by atoms with Crippen molar-refractivity contribution in [2.24, 2.45) is 0 Å². The molecule has 0 unspecified atom stereocenters. The molecule has 3 aromatic rings. The molecule has 4 rings (SSSR count). The van der Waals surface area contributed by atoms with Crippen LogP contribution in [-0.2, 0) is 11.3 Å². The Morgan fingerprint density at radius 3 is 2.95 bits per heavy atom. The van der Waals surface area contributed by atoms with Crippen molar-refractivity contribution in [3.8, 4) is 5.69 Å². The highest BCUT2D eigenvalue weighted by Crippen LogP contribution is 2.21. The highest BCUT2D eigenvalue weighted by molar-refractivity contribution is 6.61. The lowest BCUT2D eigenvalue weighted by atomic mass is 9.79. The first-order valence-electron chi connectivity index (χ1n) is 6.32. The van der Waals surface area contributed by atoms with Gasteiger partial charge in [0.1, 0.15) is 0 Å². The molecular formula is C15H12BNO2. The second-order valence-corrected chi connectivity index (χ2v) is 4.79. The summed E-state index contributed by atoms with van der Waals surface area (Å²) in [6.07, 6.45) is 2.05. The fourth-order valence-corrected chi connectivity index (χ4v) is 2.66. The first kappa shape index (κ1) is 10.8. The topological polar surface area (TPSA) is 34.4 Å². The van der Waals surface area contributed by atoms with E-state index in [9.17, 15) is 5.02 Å². The van der Waals surface area contributed by atoms with Crippen molar-refractivity contribution in [2.75, 3.05) is 0 Å². The molecule has 1 N–H and O–H groups in total. The third kappa shape index (κ3) is 1.61. The van der Waals surface area contributed by atoms with Crippen LogP contribution in [0.2, 0.25) is 0 Å². The van der Waals surface area contributed by atoms with Crippen LogP contribution >= 0.6 is 0 Å². The van der Waals surface area contributed by atoms with Gasteiger partial charge >= 0.3 is 7.12 Å². The molecule has 92 valence electrons. The average Bonchev–Trinajstić information content (AvgIpc) is 3.03. The van der Waals surface area contributed by atoms with Crippen molar-refractivity contribution in [3.63, 3.8) is 0 Å². The molecule has 3 nitrogen and oxygen atoms in total. The molecule has 4 heteroatoms. The number of nitrogens with zero attached hydrogens (tertiary/aromatic N) is 1. The van der Waals surface area contributed by atoms with E-state index < -0.39 is 7.12 Å². The van der Waals surface area contributed by atoms with Gasteiger partial charge in [0, 0.05) is 11.9 Å². The summed E-state index contributed by atoms with van der Waals surface area (Å²) >= 11 is 0. The molecule has 19 heavy (non-hydrogen) atoms. The standard InChI is InChI=1S/C15H12BNO2/c18-16-14-9-13(6-5-12(14)10-19-16)17-8-7-11-3-1-2-4-15(11)17/h1-9,18H,10H2. The van der Waals surface area contributed by atoms with Gasteiger partial charge in [-0.2, -0.15) is 0 Å². The number of aromatic nitrogens is 1. The summed E-state index contributed by atoms with van der Waals surface area (Å²) in [6, 6.07) is 16.4. The van der Waals surface area contributed by atoms with Gasteiger partial charge in [0.05, 0.1) is 12.1 Å². The summed E-state index contributed by atoms with van der Waals surface area (Å²) < 4.78 is 7.36. The number of para-hydroxylation sites is 1. The minimum atomic E-state index is -0.795. The van der Waals surface area contributed by atoms with Gasteiger partial charge in [0.2, 0.25) is 0 Å². The number of hydrogen-bond acceptors (Lipinski definition) is 2. The SMILES string of the molecule is OB1OCc2ccc(-n3ccc4ccccc43)cc21. The van der Waals surface area contributed by atoms with Crippen molar-refractivity contribution >= 4 is 23.5 Å². The van der Waals surface area contributed by atoms with Gasteiger partial charge in [-0.15, -0.1) is 0 Å². The Hall–Kier alpha value is -2.04. The van der Waals surface area contributed by atoms with Gasteiger partial charge in [-0.3, -0.25) is 0 Å². The molecule has 0 spiro atoms. The second kappa shape index (κ2) is 3.98. The van der Waals surface area contributed by atoms with Crippen LogP contribution in [0.1, 0.15) is 5.56 Å². The molecular weight excluding hydrogens is 237 g/mol. The van der Waals surface area contributed by atoms with E-state index in [1.165, 1.54) is 5.39 Å². The fourth-order valence-electron chi connectivity index (χ4n) is 2.66. The second-order valence-electron chi connectivity index (χ2n) is 4.79. The zero-order valence-electron chi connectivity index (χ0n) is 10.3. The highest BCUT2D eigenvalue weighted by atomic mass is 16.5. The Labute approximate surface area is 111 Å². The van der Waals surface area contributed by atoms with E-state index in [0.717, 1.165) is 22.2 Å². The van der Waals surface area contributed by atoms with Crippen molar-refractivity contribution in [3.05, 3.63) is 60.3 Å². The quantitative estimate of drug-likeness (QED) is 0.668. The predicted octanol–water partition coefficient (Wildman–Crippen LogP) is 1.85. The van der Waals surface area contributed by atoms with E-state index in [4.69, 9.17) is 4.65 Å². The monoisotopic (exact) mass is 249 g/mol. The smallest absolute Gasteiger partial charge is 0.423 e. The van der Waals surface area contributed by atoms with E-state index in [2.05, 4.69) is 35.0 Å². The molecule has 2 aromatic carbocycles. The average molecular weight is 249 g/mol. The Kier molecular flexibility index (Phi) is 2.27. The van der Waals surface area contributed by atoms with Gasteiger partial charge < -0.3 is 14.2 Å². The van der Waals surface area contributed by atoms with E-state index in [0.29, 0.717) is 6.61 Å². The first-order valence-corrected chi connectivity index (χ1v) is 6.32. The van der Waals surface area contributed by atoms with E-state index in [1.54, 1.807) is 0 Å². The number of hydrogen-bond donors (Lipinski definition) is 1. The third-order valence-corrected chi connectivity index (χ3v) is 3.67. The Morgan fingerprint density at radius 2 is 2.00 bits per heavy atom. The van der Waals surface area contributed by atoms with Crippen LogP contribution in [0.25, 0.3) is 16.6 Å². The van der Waals surface area contributed by atoms with E-state index >= 15 is 0 Å². The fraction of sp³-hybridized carbons (Fsp3) is 0.0667. The maximum atomic E-state index is 9.79. The minimum Gasteiger partial charge on any atom is -0.423 e. The first-order chi connectivity index (χ1) is 9.33. The zero-order valence-corrected chi connectivity index (χ0v) is 10.3. The summed E-state index contributed by atoms with van der Waals surface area (Å²) in [6.45, 7) is 0.489. The molecule has 0 saturated carbocycles. The lowest BCUT2D eigenvalue weighted by Gasteiger charge is -2.07. The lowest BCUT2D eigenvalue weighted by Crippen LogP contribution is -2.28. The molecule has 0 saturated heterocycles. The summed E-state index contributed by atoms with van der Waals surface area (Å²) in [5.41, 5.74) is 4.14. The Bertz CT molecular complexity index is 766. The molecule has 0 fully saturated rings. The molecule has 0 atom stereocenters. The number of rotatable bonds is 1. The van der Waals surface area contributed by atoms with Gasteiger partial charge in [-0.05, 0) is 40.7 Å². The summed E-state index contributed by atoms with van der Waals surface area (Å²) in [5, 5.41) is 11.0. The maximum Gasteiger partial charge on any atom is 0.491 e. The molecule has 2 heterocycles. The molecule has 1 aromatic heterocycles. The molecule has 1 aliphatic rings. The molecule has 0 amide bonds. The highest BCUT2D eigenvalue weighted by Gasteiger charge is 2.27. The summed E-state index contributed by atoms with van der Waals surface area (Å²) in [7, 11) is -0.795. The minimum absolute atomic E-state index is 0.489. The van der Waals surface area contributed by atoms with Crippen molar-refractivity contribution in [2.45, 2.75) is 6.61 Å². The maximum absolute atomic E-state index is 9.79. The molecule has 0 aliphatic carbocycles. The Balaban J connectivity index is 1.91. The zero-order chi connectivity index (χ0) is 12.8. The van der Waals surface area contributed by atoms with E-state index in [-0.39, 0.29) is 0 Å².